The first-order chi connectivity index (χ1) is 9.74. The minimum Gasteiger partial charge on any atom is -0.311 e. The van der Waals surface area contributed by atoms with E-state index in [4.69, 9.17) is 0 Å². The molecule has 0 amide bonds. The van der Waals surface area contributed by atoms with Crippen LogP contribution in [0.15, 0.2) is 24.3 Å². The second kappa shape index (κ2) is 6.25. The molecule has 1 saturated carbocycles. The van der Waals surface area contributed by atoms with Crippen LogP contribution in [0.4, 0.5) is 0 Å². The lowest BCUT2D eigenvalue weighted by molar-refractivity contribution is 0.113. The summed E-state index contributed by atoms with van der Waals surface area (Å²) in [4.78, 5) is 4.92. The van der Waals surface area contributed by atoms with Gasteiger partial charge in [0.05, 0.1) is 0 Å². The predicted molar refractivity (Wildman–Crippen MR) is 84.0 cm³/mol. The second-order valence-corrected chi connectivity index (χ2v) is 6.50. The summed E-state index contributed by atoms with van der Waals surface area (Å²) in [5, 5.41) is 3.68. The third-order valence-corrected chi connectivity index (χ3v) is 4.75. The van der Waals surface area contributed by atoms with Crippen molar-refractivity contribution >= 4 is 0 Å². The monoisotopic (exact) mass is 273 g/mol. The lowest BCUT2D eigenvalue weighted by Crippen LogP contribution is -2.53. The number of benzene rings is 1. The van der Waals surface area contributed by atoms with Gasteiger partial charge in [-0.25, -0.2) is 0 Å². The van der Waals surface area contributed by atoms with Crippen molar-refractivity contribution in [1.82, 2.24) is 15.1 Å². The molecule has 1 aliphatic carbocycles. The lowest BCUT2D eigenvalue weighted by atomic mass is 10.0. The molecule has 1 atom stereocenters. The quantitative estimate of drug-likeness (QED) is 0.884. The van der Waals surface area contributed by atoms with Crippen LogP contribution >= 0.6 is 0 Å². The van der Waals surface area contributed by atoms with E-state index < -0.39 is 0 Å². The van der Waals surface area contributed by atoms with Crippen LogP contribution in [0.3, 0.4) is 0 Å². The summed E-state index contributed by atoms with van der Waals surface area (Å²) >= 11 is 0. The molecular weight excluding hydrogens is 246 g/mol. The van der Waals surface area contributed by atoms with Crippen molar-refractivity contribution < 1.29 is 0 Å². The SMILES string of the molecule is CN1CCN(C)C(CNCc2ccccc2C2CC2)C1. The highest BCUT2D eigenvalue weighted by Gasteiger charge is 2.26. The van der Waals surface area contributed by atoms with E-state index in [1.54, 1.807) is 5.56 Å². The topological polar surface area (TPSA) is 18.5 Å². The molecule has 110 valence electrons. The Morgan fingerprint density at radius 3 is 2.75 bits per heavy atom. The molecule has 3 heteroatoms. The van der Waals surface area contributed by atoms with Crippen LogP contribution < -0.4 is 5.32 Å². The lowest BCUT2D eigenvalue weighted by Gasteiger charge is -2.37. The normalized spacial score (nSPS) is 25.0. The van der Waals surface area contributed by atoms with Crippen LogP contribution in [0.5, 0.6) is 0 Å². The molecule has 1 aromatic carbocycles. The zero-order valence-electron chi connectivity index (χ0n) is 12.8. The molecule has 0 aromatic heterocycles. The maximum atomic E-state index is 3.68. The van der Waals surface area contributed by atoms with Crippen molar-refractivity contribution in [2.75, 3.05) is 40.3 Å². The molecule has 20 heavy (non-hydrogen) atoms. The molecule has 3 nitrogen and oxygen atoms in total. The minimum atomic E-state index is 0.641. The Labute approximate surface area is 123 Å². The Hall–Kier alpha value is -0.900. The highest BCUT2D eigenvalue weighted by molar-refractivity contribution is 5.33. The van der Waals surface area contributed by atoms with E-state index in [9.17, 15) is 0 Å². The molecule has 3 rings (SSSR count). The summed E-state index contributed by atoms with van der Waals surface area (Å²) in [6.45, 7) is 5.65. The van der Waals surface area contributed by atoms with Gasteiger partial charge in [0.15, 0.2) is 0 Å². The fraction of sp³-hybridized carbons (Fsp3) is 0.647. The van der Waals surface area contributed by atoms with Gasteiger partial charge in [0.1, 0.15) is 0 Å². The van der Waals surface area contributed by atoms with Crippen LogP contribution in [-0.4, -0.2) is 56.1 Å². The molecule has 1 aliphatic heterocycles. The molecule has 1 saturated heterocycles. The maximum Gasteiger partial charge on any atom is 0.0345 e. The van der Waals surface area contributed by atoms with Crippen LogP contribution in [-0.2, 0) is 6.54 Å². The van der Waals surface area contributed by atoms with Crippen molar-refractivity contribution in [2.45, 2.75) is 31.3 Å². The summed E-state index contributed by atoms with van der Waals surface area (Å²) in [6, 6.07) is 9.60. The molecule has 1 aromatic rings. The number of hydrogen-bond acceptors (Lipinski definition) is 3. The van der Waals surface area contributed by atoms with Gasteiger partial charge in [-0.05, 0) is 44.0 Å². The van der Waals surface area contributed by atoms with E-state index in [0.29, 0.717) is 6.04 Å². The molecule has 0 bridgehead atoms. The largest absolute Gasteiger partial charge is 0.311 e. The summed E-state index contributed by atoms with van der Waals surface area (Å²) in [6.07, 6.45) is 2.76. The second-order valence-electron chi connectivity index (χ2n) is 6.50. The van der Waals surface area contributed by atoms with Crippen LogP contribution in [0.25, 0.3) is 0 Å². The predicted octanol–water partition coefficient (Wildman–Crippen LogP) is 1.90. The van der Waals surface area contributed by atoms with Crippen LogP contribution in [0.2, 0.25) is 0 Å². The summed E-state index contributed by atoms with van der Waals surface area (Å²) in [5.41, 5.74) is 3.08. The minimum absolute atomic E-state index is 0.641. The Morgan fingerprint density at radius 1 is 1.15 bits per heavy atom. The first-order valence-electron chi connectivity index (χ1n) is 7.91. The molecule has 1 N–H and O–H groups in total. The molecular formula is C17H27N3. The number of piperazine rings is 1. The van der Waals surface area contributed by atoms with Crippen molar-refractivity contribution in [3.8, 4) is 0 Å². The third kappa shape index (κ3) is 3.40. The van der Waals surface area contributed by atoms with E-state index in [1.165, 1.54) is 38.0 Å². The standard InChI is InChI=1S/C17H27N3/c1-19-9-10-20(2)16(13-19)12-18-11-15-5-3-4-6-17(15)14-7-8-14/h3-6,14,16,18H,7-13H2,1-2H3. The molecule has 1 unspecified atom stereocenters. The number of nitrogens with zero attached hydrogens (tertiary/aromatic N) is 2. The Morgan fingerprint density at radius 2 is 1.95 bits per heavy atom. The van der Waals surface area contributed by atoms with Crippen molar-refractivity contribution in [3.63, 3.8) is 0 Å². The smallest absolute Gasteiger partial charge is 0.0345 e. The molecule has 0 spiro atoms. The highest BCUT2D eigenvalue weighted by Crippen LogP contribution is 2.41. The molecule has 2 aliphatic rings. The molecule has 1 heterocycles. The first kappa shape index (κ1) is 14.1. The van der Waals surface area contributed by atoms with Gasteiger partial charge in [-0.2, -0.15) is 0 Å². The van der Waals surface area contributed by atoms with Gasteiger partial charge in [0.25, 0.3) is 0 Å². The molecule has 2 fully saturated rings. The van der Waals surface area contributed by atoms with E-state index in [1.807, 2.05) is 0 Å². The van der Waals surface area contributed by atoms with Gasteiger partial charge < -0.3 is 10.2 Å². The van der Waals surface area contributed by atoms with Gasteiger partial charge >= 0.3 is 0 Å². The van der Waals surface area contributed by atoms with Crippen molar-refractivity contribution in [3.05, 3.63) is 35.4 Å². The zero-order valence-corrected chi connectivity index (χ0v) is 12.8. The maximum absolute atomic E-state index is 3.68. The fourth-order valence-electron chi connectivity index (χ4n) is 3.18. The molecule has 0 radical (unpaired) electrons. The van der Waals surface area contributed by atoms with E-state index in [0.717, 1.165) is 19.0 Å². The Balaban J connectivity index is 1.52. The van der Waals surface area contributed by atoms with Crippen molar-refractivity contribution in [2.24, 2.45) is 0 Å². The average Bonchev–Trinajstić information content (AvgIpc) is 3.28. The Kier molecular flexibility index (Phi) is 4.39. The third-order valence-electron chi connectivity index (χ3n) is 4.75. The number of likely N-dealkylation sites (N-methyl/N-ethyl adjacent to an activating group) is 2. The van der Waals surface area contributed by atoms with E-state index >= 15 is 0 Å². The zero-order chi connectivity index (χ0) is 13.9. The fourth-order valence-corrected chi connectivity index (χ4v) is 3.18. The summed E-state index contributed by atoms with van der Waals surface area (Å²) in [7, 11) is 4.47. The average molecular weight is 273 g/mol. The van der Waals surface area contributed by atoms with Gasteiger partial charge in [0, 0.05) is 38.8 Å². The first-order valence-corrected chi connectivity index (χ1v) is 7.91. The summed E-state index contributed by atoms with van der Waals surface area (Å²) < 4.78 is 0. The van der Waals surface area contributed by atoms with Gasteiger partial charge in [-0.15, -0.1) is 0 Å². The van der Waals surface area contributed by atoms with E-state index in [2.05, 4.69) is 53.5 Å². The van der Waals surface area contributed by atoms with E-state index in [-0.39, 0.29) is 0 Å². The van der Waals surface area contributed by atoms with Crippen LogP contribution in [0, 0.1) is 0 Å². The Bertz CT molecular complexity index is 442. The van der Waals surface area contributed by atoms with Gasteiger partial charge in [-0.3, -0.25) is 4.90 Å². The van der Waals surface area contributed by atoms with Gasteiger partial charge in [-0.1, -0.05) is 24.3 Å². The van der Waals surface area contributed by atoms with Crippen LogP contribution in [0.1, 0.15) is 29.9 Å². The van der Waals surface area contributed by atoms with Crippen molar-refractivity contribution in [1.29, 1.82) is 0 Å². The van der Waals surface area contributed by atoms with Gasteiger partial charge in [0.2, 0.25) is 0 Å². The number of hydrogen-bond donors (Lipinski definition) is 1. The number of rotatable bonds is 5. The number of nitrogens with one attached hydrogen (secondary N) is 1. The summed E-state index contributed by atoms with van der Waals surface area (Å²) in [5.74, 6) is 0.844. The highest BCUT2D eigenvalue weighted by atomic mass is 15.3.